The molecular weight excluding hydrogens is 262 g/mol. The Bertz CT molecular complexity index is 461. The summed E-state index contributed by atoms with van der Waals surface area (Å²) < 4.78 is 51.7. The number of carboxylic acid groups (broad SMARTS) is 1. The van der Waals surface area contributed by atoms with Gasteiger partial charge in [-0.25, -0.2) is 9.37 Å². The van der Waals surface area contributed by atoms with Gasteiger partial charge in [-0.2, -0.15) is 0 Å². The average molecular weight is 269 g/mol. The summed E-state index contributed by atoms with van der Waals surface area (Å²) in [5.74, 6) is -3.74. The highest BCUT2D eigenvalue weighted by Crippen LogP contribution is 2.33. The summed E-state index contributed by atoms with van der Waals surface area (Å²) >= 11 is 0. The van der Waals surface area contributed by atoms with Gasteiger partial charge in [0.15, 0.2) is 5.75 Å². The minimum absolute atomic E-state index is 0.354. The van der Waals surface area contributed by atoms with Crippen molar-refractivity contribution in [2.45, 2.75) is 19.5 Å². The lowest BCUT2D eigenvalue weighted by Gasteiger charge is -2.12. The zero-order valence-corrected chi connectivity index (χ0v) is 8.66. The van der Waals surface area contributed by atoms with Crippen LogP contribution in [0.2, 0.25) is 0 Å². The van der Waals surface area contributed by atoms with E-state index >= 15 is 0 Å². The normalized spacial score (nSPS) is 11.3. The van der Waals surface area contributed by atoms with Crippen LogP contribution in [-0.4, -0.2) is 27.5 Å². The topological polar surface area (TPSA) is 79.7 Å². The largest absolute Gasteiger partial charge is 0.574 e. The minimum Gasteiger partial charge on any atom is -0.503 e. The molecule has 9 heteroatoms. The van der Waals surface area contributed by atoms with E-state index in [0.29, 0.717) is 0 Å². The third-order valence-electron chi connectivity index (χ3n) is 1.78. The Morgan fingerprint density at radius 1 is 1.44 bits per heavy atom. The van der Waals surface area contributed by atoms with Crippen molar-refractivity contribution < 1.29 is 37.3 Å². The van der Waals surface area contributed by atoms with Gasteiger partial charge in [0.1, 0.15) is 6.67 Å². The summed E-state index contributed by atoms with van der Waals surface area (Å²) in [4.78, 5) is 13.6. The molecule has 5 nitrogen and oxygen atoms in total. The molecule has 0 spiro atoms. The summed E-state index contributed by atoms with van der Waals surface area (Å²) in [5.41, 5.74) is -0.882. The average Bonchev–Trinajstić information content (AvgIpc) is 2.19. The highest BCUT2D eigenvalue weighted by atomic mass is 19.4. The van der Waals surface area contributed by atoms with Gasteiger partial charge in [-0.3, -0.25) is 4.79 Å². The highest BCUT2D eigenvalue weighted by Gasteiger charge is 2.34. The summed E-state index contributed by atoms with van der Waals surface area (Å²) in [6.45, 7) is -1.28. The standard InChI is InChI=1S/C9H7F4NO4/c10-3-4-1-5(2-6(15)16)14-8(7(4)17)18-9(11,12)13/h1,17H,2-3H2,(H,15,16). The van der Waals surface area contributed by atoms with Crippen LogP contribution >= 0.6 is 0 Å². The van der Waals surface area contributed by atoms with Crippen molar-refractivity contribution in [2.24, 2.45) is 0 Å². The minimum atomic E-state index is -5.13. The fraction of sp³-hybridized carbons (Fsp3) is 0.333. The number of carboxylic acids is 1. The van der Waals surface area contributed by atoms with E-state index in [4.69, 9.17) is 5.11 Å². The molecule has 0 aliphatic carbocycles. The SMILES string of the molecule is O=C(O)Cc1cc(CF)c(O)c(OC(F)(F)F)n1. The summed E-state index contributed by atoms with van der Waals surface area (Å²) in [7, 11) is 0. The zero-order chi connectivity index (χ0) is 13.9. The molecule has 0 atom stereocenters. The van der Waals surface area contributed by atoms with E-state index in [-0.39, 0.29) is 5.69 Å². The molecule has 0 amide bonds. The van der Waals surface area contributed by atoms with Crippen molar-refractivity contribution in [2.75, 3.05) is 0 Å². The van der Waals surface area contributed by atoms with Gasteiger partial charge in [0.05, 0.1) is 12.1 Å². The fourth-order valence-corrected chi connectivity index (χ4v) is 1.15. The number of rotatable bonds is 4. The van der Waals surface area contributed by atoms with E-state index in [0.717, 1.165) is 6.07 Å². The summed E-state index contributed by atoms with van der Waals surface area (Å²) in [5, 5.41) is 17.7. The Morgan fingerprint density at radius 2 is 2.06 bits per heavy atom. The molecule has 100 valence electrons. The van der Waals surface area contributed by atoms with E-state index in [2.05, 4.69) is 9.72 Å². The first-order chi connectivity index (χ1) is 8.23. The van der Waals surface area contributed by atoms with Crippen molar-refractivity contribution >= 4 is 5.97 Å². The van der Waals surface area contributed by atoms with Gasteiger partial charge in [0.25, 0.3) is 5.88 Å². The van der Waals surface area contributed by atoms with Gasteiger partial charge in [-0.05, 0) is 6.07 Å². The third kappa shape index (κ3) is 3.75. The quantitative estimate of drug-likeness (QED) is 0.814. The molecule has 1 aromatic rings. The molecule has 18 heavy (non-hydrogen) atoms. The van der Waals surface area contributed by atoms with E-state index in [1.54, 1.807) is 0 Å². The first kappa shape index (κ1) is 14.0. The summed E-state index contributed by atoms with van der Waals surface area (Å²) in [6, 6.07) is 0.854. The third-order valence-corrected chi connectivity index (χ3v) is 1.78. The van der Waals surface area contributed by atoms with Gasteiger partial charge in [-0.15, -0.1) is 13.2 Å². The predicted molar refractivity (Wildman–Crippen MR) is 48.7 cm³/mol. The Kier molecular flexibility index (Phi) is 3.94. The molecule has 0 aromatic carbocycles. The second-order valence-corrected chi connectivity index (χ2v) is 3.18. The lowest BCUT2D eigenvalue weighted by Crippen LogP contribution is -2.19. The Labute approximate surface area is 97.6 Å². The first-order valence-electron chi connectivity index (χ1n) is 4.48. The van der Waals surface area contributed by atoms with Crippen LogP contribution in [0, 0.1) is 0 Å². The fourth-order valence-electron chi connectivity index (χ4n) is 1.15. The molecule has 2 N–H and O–H groups in total. The van der Waals surface area contributed by atoms with Gasteiger partial charge < -0.3 is 14.9 Å². The number of aliphatic carboxylic acids is 1. The number of hydrogen-bond acceptors (Lipinski definition) is 4. The molecule has 0 aliphatic rings. The molecule has 0 radical (unpaired) electrons. The molecule has 1 heterocycles. The lowest BCUT2D eigenvalue weighted by molar-refractivity contribution is -0.276. The number of alkyl halides is 4. The van der Waals surface area contributed by atoms with Crippen LogP contribution in [0.3, 0.4) is 0 Å². The van der Waals surface area contributed by atoms with Gasteiger partial charge >= 0.3 is 12.3 Å². The smallest absolute Gasteiger partial charge is 0.503 e. The molecule has 1 rings (SSSR count). The van der Waals surface area contributed by atoms with Gasteiger partial charge in [-0.1, -0.05) is 0 Å². The van der Waals surface area contributed by atoms with Crippen molar-refractivity contribution in [3.8, 4) is 11.6 Å². The highest BCUT2D eigenvalue weighted by molar-refractivity contribution is 5.69. The predicted octanol–water partition coefficient (Wildman–Crippen LogP) is 1.78. The Balaban J connectivity index is 3.18. The monoisotopic (exact) mass is 269 g/mol. The molecule has 0 saturated carbocycles. The summed E-state index contributed by atoms with van der Waals surface area (Å²) in [6.07, 6.45) is -5.85. The number of nitrogens with zero attached hydrogens (tertiary/aromatic N) is 1. The van der Waals surface area contributed by atoms with E-state index in [1.165, 1.54) is 0 Å². The van der Waals surface area contributed by atoms with Crippen LogP contribution in [0.5, 0.6) is 11.6 Å². The van der Waals surface area contributed by atoms with Crippen LogP contribution < -0.4 is 4.74 Å². The van der Waals surface area contributed by atoms with Crippen molar-refractivity contribution in [1.82, 2.24) is 4.98 Å². The molecule has 0 saturated heterocycles. The first-order valence-corrected chi connectivity index (χ1v) is 4.48. The number of carbonyl (C=O) groups is 1. The lowest BCUT2D eigenvalue weighted by atomic mass is 10.2. The van der Waals surface area contributed by atoms with Crippen LogP contribution in [-0.2, 0) is 17.9 Å². The molecular formula is C9H7F4NO4. The van der Waals surface area contributed by atoms with Crippen molar-refractivity contribution in [1.29, 1.82) is 0 Å². The van der Waals surface area contributed by atoms with E-state index < -0.39 is 42.6 Å². The maximum atomic E-state index is 12.4. The maximum absolute atomic E-state index is 12.4. The molecule has 0 bridgehead atoms. The second-order valence-electron chi connectivity index (χ2n) is 3.18. The Hall–Kier alpha value is -2.06. The number of aromatic nitrogens is 1. The number of pyridine rings is 1. The van der Waals surface area contributed by atoms with E-state index in [9.17, 15) is 27.5 Å². The van der Waals surface area contributed by atoms with Crippen LogP contribution in [0.4, 0.5) is 17.6 Å². The Morgan fingerprint density at radius 3 is 2.50 bits per heavy atom. The zero-order valence-electron chi connectivity index (χ0n) is 8.66. The number of ether oxygens (including phenoxy) is 1. The number of halogens is 4. The van der Waals surface area contributed by atoms with Crippen LogP contribution in [0.15, 0.2) is 6.07 Å². The maximum Gasteiger partial charge on any atom is 0.574 e. The second kappa shape index (κ2) is 5.07. The van der Waals surface area contributed by atoms with E-state index in [1.807, 2.05) is 0 Å². The van der Waals surface area contributed by atoms with Gasteiger partial charge in [0, 0.05) is 5.56 Å². The molecule has 1 aromatic heterocycles. The van der Waals surface area contributed by atoms with Crippen molar-refractivity contribution in [3.05, 3.63) is 17.3 Å². The van der Waals surface area contributed by atoms with Crippen LogP contribution in [0.25, 0.3) is 0 Å². The van der Waals surface area contributed by atoms with Crippen LogP contribution in [0.1, 0.15) is 11.3 Å². The molecule has 0 fully saturated rings. The number of hydrogen-bond donors (Lipinski definition) is 2. The number of aromatic hydroxyl groups is 1. The molecule has 0 unspecified atom stereocenters. The van der Waals surface area contributed by atoms with Crippen molar-refractivity contribution in [3.63, 3.8) is 0 Å². The van der Waals surface area contributed by atoms with Gasteiger partial charge in [0.2, 0.25) is 0 Å². The molecule has 0 aliphatic heterocycles.